The van der Waals surface area contributed by atoms with Gasteiger partial charge in [-0.3, -0.25) is 4.79 Å². The van der Waals surface area contributed by atoms with Gasteiger partial charge in [0.25, 0.3) is 5.91 Å². The van der Waals surface area contributed by atoms with Crippen molar-refractivity contribution in [1.29, 1.82) is 0 Å². The Kier molecular flexibility index (Phi) is 4.36. The highest BCUT2D eigenvalue weighted by molar-refractivity contribution is 7.11. The second-order valence-corrected chi connectivity index (χ2v) is 5.46. The summed E-state index contributed by atoms with van der Waals surface area (Å²) in [7, 11) is 0. The molecule has 2 rings (SSSR count). The van der Waals surface area contributed by atoms with Gasteiger partial charge in [-0.1, -0.05) is 18.9 Å². The van der Waals surface area contributed by atoms with E-state index in [2.05, 4.69) is 5.32 Å². The smallest absolute Gasteiger partial charge is 0.349 e. The minimum absolute atomic E-state index is 0.202. The van der Waals surface area contributed by atoms with Crippen LogP contribution >= 0.6 is 11.3 Å². The van der Waals surface area contributed by atoms with Crippen LogP contribution in [0.3, 0.4) is 0 Å². The third kappa shape index (κ3) is 3.32. The van der Waals surface area contributed by atoms with E-state index in [9.17, 15) is 9.59 Å². The van der Waals surface area contributed by atoms with E-state index < -0.39 is 12.1 Å². The number of thiophene rings is 1. The minimum Gasteiger partial charge on any atom is -0.448 e. The van der Waals surface area contributed by atoms with Gasteiger partial charge in [0.1, 0.15) is 4.88 Å². The molecule has 5 heteroatoms. The molecule has 98 valence electrons. The number of ether oxygens (including phenoxy) is 1. The topological polar surface area (TPSA) is 55.4 Å². The van der Waals surface area contributed by atoms with Crippen molar-refractivity contribution in [1.82, 2.24) is 5.32 Å². The lowest BCUT2D eigenvalue weighted by molar-refractivity contribution is -0.129. The van der Waals surface area contributed by atoms with Crippen LogP contribution in [0.4, 0.5) is 0 Å². The van der Waals surface area contributed by atoms with Gasteiger partial charge in [-0.05, 0) is 31.2 Å². The first-order valence-corrected chi connectivity index (χ1v) is 7.09. The maximum absolute atomic E-state index is 11.8. The van der Waals surface area contributed by atoms with Crippen molar-refractivity contribution in [3.63, 3.8) is 0 Å². The zero-order valence-electron chi connectivity index (χ0n) is 10.3. The highest BCUT2D eigenvalue weighted by Crippen LogP contribution is 2.18. The summed E-state index contributed by atoms with van der Waals surface area (Å²) in [4.78, 5) is 24.0. The Bertz CT molecular complexity index is 410. The SMILES string of the molecule is C[C@H](OC(=O)c1cccs1)C(=O)NC1CCCC1. The second-order valence-electron chi connectivity index (χ2n) is 4.51. The Morgan fingerprint density at radius 3 is 2.78 bits per heavy atom. The maximum atomic E-state index is 11.8. The number of nitrogens with one attached hydrogen (secondary N) is 1. The van der Waals surface area contributed by atoms with E-state index in [4.69, 9.17) is 4.74 Å². The van der Waals surface area contributed by atoms with Gasteiger partial charge in [-0.25, -0.2) is 4.79 Å². The van der Waals surface area contributed by atoms with Gasteiger partial charge in [-0.15, -0.1) is 11.3 Å². The molecule has 0 aliphatic heterocycles. The van der Waals surface area contributed by atoms with Crippen LogP contribution in [-0.4, -0.2) is 24.0 Å². The Morgan fingerprint density at radius 2 is 2.17 bits per heavy atom. The average Bonchev–Trinajstić information content (AvgIpc) is 3.01. The molecule has 18 heavy (non-hydrogen) atoms. The number of carbonyl (C=O) groups is 2. The lowest BCUT2D eigenvalue weighted by Gasteiger charge is -2.16. The molecule has 1 aliphatic carbocycles. The number of esters is 1. The van der Waals surface area contributed by atoms with Crippen molar-refractivity contribution in [2.24, 2.45) is 0 Å². The van der Waals surface area contributed by atoms with E-state index in [0.29, 0.717) is 4.88 Å². The van der Waals surface area contributed by atoms with E-state index in [-0.39, 0.29) is 11.9 Å². The van der Waals surface area contributed by atoms with Gasteiger partial charge in [0, 0.05) is 6.04 Å². The fourth-order valence-corrected chi connectivity index (χ4v) is 2.66. The zero-order valence-corrected chi connectivity index (χ0v) is 11.2. The van der Waals surface area contributed by atoms with E-state index >= 15 is 0 Å². The molecule has 4 nitrogen and oxygen atoms in total. The van der Waals surface area contributed by atoms with E-state index in [1.54, 1.807) is 24.4 Å². The standard InChI is InChI=1S/C13H17NO3S/c1-9(12(15)14-10-5-2-3-6-10)17-13(16)11-7-4-8-18-11/h4,7-10H,2-3,5-6H2,1H3,(H,14,15)/t9-/m0/s1. The molecule has 1 aromatic rings. The van der Waals surface area contributed by atoms with Crippen LogP contribution in [0.2, 0.25) is 0 Å². The van der Waals surface area contributed by atoms with Crippen LogP contribution in [0.15, 0.2) is 17.5 Å². The maximum Gasteiger partial charge on any atom is 0.349 e. The fourth-order valence-electron chi connectivity index (χ4n) is 2.06. The molecular weight excluding hydrogens is 250 g/mol. The molecule has 1 aliphatic rings. The first-order chi connectivity index (χ1) is 8.66. The lowest BCUT2D eigenvalue weighted by atomic mass is 10.2. The number of hydrogen-bond donors (Lipinski definition) is 1. The van der Waals surface area contributed by atoms with Crippen LogP contribution in [0, 0.1) is 0 Å². The van der Waals surface area contributed by atoms with Gasteiger partial charge >= 0.3 is 5.97 Å². The molecule has 1 atom stereocenters. The summed E-state index contributed by atoms with van der Waals surface area (Å²) < 4.78 is 5.13. The van der Waals surface area contributed by atoms with E-state index in [0.717, 1.165) is 25.7 Å². The average molecular weight is 267 g/mol. The predicted octanol–water partition coefficient (Wildman–Crippen LogP) is 2.35. The normalized spacial score (nSPS) is 17.4. The van der Waals surface area contributed by atoms with Crippen molar-refractivity contribution < 1.29 is 14.3 Å². The van der Waals surface area contributed by atoms with Gasteiger partial charge in [-0.2, -0.15) is 0 Å². The number of rotatable bonds is 4. The number of hydrogen-bond acceptors (Lipinski definition) is 4. The Morgan fingerprint density at radius 1 is 1.44 bits per heavy atom. The van der Waals surface area contributed by atoms with Gasteiger partial charge in [0.2, 0.25) is 0 Å². The summed E-state index contributed by atoms with van der Waals surface area (Å²) in [6, 6.07) is 3.72. The van der Waals surface area contributed by atoms with Crippen molar-refractivity contribution in [3.05, 3.63) is 22.4 Å². The van der Waals surface area contributed by atoms with Gasteiger partial charge in [0.15, 0.2) is 6.10 Å². The summed E-state index contributed by atoms with van der Waals surface area (Å²) in [6.07, 6.45) is 3.64. The van der Waals surface area contributed by atoms with E-state index in [1.807, 2.05) is 0 Å². The first-order valence-electron chi connectivity index (χ1n) is 6.21. The predicted molar refractivity (Wildman–Crippen MR) is 69.6 cm³/mol. The minimum atomic E-state index is -0.736. The quantitative estimate of drug-likeness (QED) is 0.852. The summed E-state index contributed by atoms with van der Waals surface area (Å²) in [5.74, 6) is -0.633. The van der Waals surface area contributed by atoms with Crippen molar-refractivity contribution in [2.75, 3.05) is 0 Å². The summed E-state index contributed by atoms with van der Waals surface area (Å²) in [5, 5.41) is 4.72. The van der Waals surface area contributed by atoms with Crippen LogP contribution in [0.5, 0.6) is 0 Å². The molecule has 0 aromatic carbocycles. The largest absolute Gasteiger partial charge is 0.448 e. The van der Waals surface area contributed by atoms with Crippen LogP contribution in [0.25, 0.3) is 0 Å². The van der Waals surface area contributed by atoms with Crippen molar-refractivity contribution >= 4 is 23.2 Å². The summed E-state index contributed by atoms with van der Waals surface area (Å²) in [6.45, 7) is 1.61. The molecule has 0 bridgehead atoms. The Hall–Kier alpha value is -1.36. The monoisotopic (exact) mass is 267 g/mol. The van der Waals surface area contributed by atoms with Crippen LogP contribution < -0.4 is 5.32 Å². The second kappa shape index (κ2) is 6.00. The summed E-state index contributed by atoms with van der Waals surface area (Å²) in [5.41, 5.74) is 0. The van der Waals surface area contributed by atoms with Gasteiger partial charge in [0.05, 0.1) is 0 Å². The molecular formula is C13H17NO3S. The molecule has 1 aromatic heterocycles. The number of carbonyl (C=O) groups excluding carboxylic acids is 2. The number of amides is 1. The van der Waals surface area contributed by atoms with Crippen molar-refractivity contribution in [3.8, 4) is 0 Å². The fraction of sp³-hybridized carbons (Fsp3) is 0.538. The molecule has 1 heterocycles. The van der Waals surface area contributed by atoms with Crippen LogP contribution in [-0.2, 0) is 9.53 Å². The molecule has 0 spiro atoms. The molecule has 0 radical (unpaired) electrons. The molecule has 1 amide bonds. The third-order valence-corrected chi connectivity index (χ3v) is 3.93. The highest BCUT2D eigenvalue weighted by atomic mass is 32.1. The van der Waals surface area contributed by atoms with Crippen LogP contribution in [0.1, 0.15) is 42.3 Å². The van der Waals surface area contributed by atoms with E-state index in [1.165, 1.54) is 11.3 Å². The molecule has 1 N–H and O–H groups in total. The third-order valence-electron chi connectivity index (χ3n) is 3.08. The zero-order chi connectivity index (χ0) is 13.0. The molecule has 0 saturated heterocycles. The molecule has 1 fully saturated rings. The Labute approximate surface area is 110 Å². The molecule has 1 saturated carbocycles. The summed E-state index contributed by atoms with van der Waals surface area (Å²) >= 11 is 1.31. The lowest BCUT2D eigenvalue weighted by Crippen LogP contribution is -2.40. The Balaban J connectivity index is 1.81. The highest BCUT2D eigenvalue weighted by Gasteiger charge is 2.23. The molecule has 0 unspecified atom stereocenters. The first kappa shape index (κ1) is 13.1. The van der Waals surface area contributed by atoms with Crippen molar-refractivity contribution in [2.45, 2.75) is 44.8 Å². The van der Waals surface area contributed by atoms with Gasteiger partial charge < -0.3 is 10.1 Å².